The van der Waals surface area contributed by atoms with Crippen LogP contribution in [0.4, 0.5) is 10.7 Å². The molecule has 8 heteroatoms. The first kappa shape index (κ1) is 26.6. The van der Waals surface area contributed by atoms with E-state index in [1.54, 1.807) is 4.90 Å². The number of carbonyl (C=O) groups excluding carboxylic acids is 1. The van der Waals surface area contributed by atoms with Gasteiger partial charge in [0.2, 0.25) is 5.95 Å². The highest BCUT2D eigenvalue weighted by atomic mass is 32.1. The number of aryl methyl sites for hydroxylation is 1. The van der Waals surface area contributed by atoms with Gasteiger partial charge in [-0.15, -0.1) is 11.3 Å². The molecule has 0 unspecified atom stereocenters. The molecule has 1 amide bonds. The van der Waals surface area contributed by atoms with Gasteiger partial charge in [0.1, 0.15) is 5.60 Å². The Balaban J connectivity index is 1.17. The van der Waals surface area contributed by atoms with Crippen LogP contribution in [0.3, 0.4) is 0 Å². The number of nitrogens with zero attached hydrogens (tertiary/aromatic N) is 5. The van der Waals surface area contributed by atoms with Gasteiger partial charge in [-0.05, 0) is 81.2 Å². The first-order valence-electron chi connectivity index (χ1n) is 13.9. The summed E-state index contributed by atoms with van der Waals surface area (Å²) in [7, 11) is 0. The Labute approximate surface area is 229 Å². The molecule has 1 saturated heterocycles. The van der Waals surface area contributed by atoms with Crippen molar-refractivity contribution in [3.63, 3.8) is 0 Å². The van der Waals surface area contributed by atoms with E-state index in [-0.39, 0.29) is 6.09 Å². The molecule has 202 valence electrons. The number of hydrogen-bond donors (Lipinski definition) is 0. The van der Waals surface area contributed by atoms with Crippen molar-refractivity contribution in [2.45, 2.75) is 71.8 Å². The van der Waals surface area contributed by atoms with E-state index in [0.717, 1.165) is 63.1 Å². The summed E-state index contributed by atoms with van der Waals surface area (Å²) in [5.41, 5.74) is 4.35. The standard InChI is InChI=1S/C30H39N5O2S/c1-5-6-22-19-31-28(32-20-22)34-13-9-21(10-14-34)17-27-33-25-8-7-24(18-26(25)38-27)23-11-15-35(16-12-23)29(36)37-30(2,3)4/h7-8,11,18-21H,5-6,9-10,12-17H2,1-4H3. The topological polar surface area (TPSA) is 71.5 Å². The third-order valence-electron chi connectivity index (χ3n) is 7.26. The maximum absolute atomic E-state index is 12.4. The highest BCUT2D eigenvalue weighted by molar-refractivity contribution is 7.18. The molecule has 38 heavy (non-hydrogen) atoms. The Morgan fingerprint density at radius 1 is 1.13 bits per heavy atom. The predicted molar refractivity (Wildman–Crippen MR) is 155 cm³/mol. The van der Waals surface area contributed by atoms with Crippen molar-refractivity contribution in [1.29, 1.82) is 0 Å². The number of piperidine rings is 1. The first-order chi connectivity index (χ1) is 18.3. The van der Waals surface area contributed by atoms with Crippen molar-refractivity contribution in [2.24, 2.45) is 5.92 Å². The summed E-state index contributed by atoms with van der Waals surface area (Å²) in [5, 5.41) is 1.23. The number of amides is 1. The van der Waals surface area contributed by atoms with Crippen LogP contribution in [0.2, 0.25) is 0 Å². The first-order valence-corrected chi connectivity index (χ1v) is 14.7. The van der Waals surface area contributed by atoms with Gasteiger partial charge in [0.25, 0.3) is 0 Å². The van der Waals surface area contributed by atoms with Crippen LogP contribution < -0.4 is 4.90 Å². The monoisotopic (exact) mass is 533 g/mol. The van der Waals surface area contributed by atoms with Gasteiger partial charge >= 0.3 is 6.09 Å². The number of rotatable bonds is 6. The summed E-state index contributed by atoms with van der Waals surface area (Å²) in [5.74, 6) is 1.51. The highest BCUT2D eigenvalue weighted by Gasteiger charge is 2.25. The number of benzene rings is 1. The molecule has 0 atom stereocenters. The zero-order valence-electron chi connectivity index (χ0n) is 23.1. The minimum atomic E-state index is -0.470. The number of carbonyl (C=O) groups is 1. The van der Waals surface area contributed by atoms with E-state index in [4.69, 9.17) is 9.72 Å². The predicted octanol–water partition coefficient (Wildman–Crippen LogP) is 6.52. The molecule has 4 heterocycles. The van der Waals surface area contributed by atoms with Crippen molar-refractivity contribution in [3.8, 4) is 0 Å². The summed E-state index contributed by atoms with van der Waals surface area (Å²) < 4.78 is 6.77. The Morgan fingerprint density at radius 2 is 1.89 bits per heavy atom. The summed E-state index contributed by atoms with van der Waals surface area (Å²) in [6.07, 6.45) is 12.2. The second kappa shape index (κ2) is 11.4. The third kappa shape index (κ3) is 6.52. The lowest BCUT2D eigenvalue weighted by atomic mass is 9.94. The van der Waals surface area contributed by atoms with E-state index >= 15 is 0 Å². The van der Waals surface area contributed by atoms with E-state index in [1.165, 1.54) is 26.4 Å². The van der Waals surface area contributed by atoms with E-state index in [0.29, 0.717) is 19.0 Å². The van der Waals surface area contributed by atoms with E-state index in [2.05, 4.69) is 46.1 Å². The van der Waals surface area contributed by atoms with E-state index < -0.39 is 5.60 Å². The highest BCUT2D eigenvalue weighted by Crippen LogP contribution is 2.32. The second-order valence-corrected chi connectivity index (χ2v) is 12.6. The lowest BCUT2D eigenvalue weighted by Crippen LogP contribution is -2.39. The van der Waals surface area contributed by atoms with Crippen LogP contribution in [0, 0.1) is 5.92 Å². The summed E-state index contributed by atoms with van der Waals surface area (Å²) in [4.78, 5) is 30.6. The van der Waals surface area contributed by atoms with Crippen LogP contribution in [-0.2, 0) is 17.6 Å². The molecule has 0 aliphatic carbocycles. The maximum atomic E-state index is 12.4. The molecule has 0 N–H and O–H groups in total. The van der Waals surface area contributed by atoms with Crippen molar-refractivity contribution in [3.05, 3.63) is 52.8 Å². The van der Waals surface area contributed by atoms with Crippen molar-refractivity contribution in [1.82, 2.24) is 19.9 Å². The molecule has 7 nitrogen and oxygen atoms in total. The van der Waals surface area contributed by atoms with E-state index in [9.17, 15) is 4.79 Å². The zero-order valence-corrected chi connectivity index (χ0v) is 23.9. The zero-order chi connectivity index (χ0) is 26.7. The van der Waals surface area contributed by atoms with Gasteiger partial charge in [0.05, 0.1) is 15.2 Å². The van der Waals surface area contributed by atoms with Gasteiger partial charge < -0.3 is 14.5 Å². The van der Waals surface area contributed by atoms with Gasteiger partial charge in [-0.25, -0.2) is 19.7 Å². The number of ether oxygens (including phenoxy) is 1. The number of aromatic nitrogens is 3. The minimum Gasteiger partial charge on any atom is -0.444 e. The molecule has 2 aliphatic rings. The second-order valence-electron chi connectivity index (χ2n) is 11.5. The Morgan fingerprint density at radius 3 is 2.55 bits per heavy atom. The Hall–Kier alpha value is -3.00. The van der Waals surface area contributed by atoms with Crippen molar-refractivity contribution < 1.29 is 9.53 Å². The van der Waals surface area contributed by atoms with Gasteiger partial charge in [-0.1, -0.05) is 25.5 Å². The molecule has 1 fully saturated rings. The van der Waals surface area contributed by atoms with Crippen LogP contribution in [0.15, 0.2) is 36.7 Å². The number of thiazole rings is 1. The molecule has 5 rings (SSSR count). The lowest BCUT2D eigenvalue weighted by Gasteiger charge is -2.31. The normalized spacial score (nSPS) is 17.1. The lowest BCUT2D eigenvalue weighted by molar-refractivity contribution is 0.0270. The average molecular weight is 534 g/mol. The molecule has 0 radical (unpaired) electrons. The van der Waals surface area contributed by atoms with Gasteiger partial charge in [-0.2, -0.15) is 0 Å². The van der Waals surface area contributed by atoms with Gasteiger partial charge in [-0.3, -0.25) is 0 Å². The third-order valence-corrected chi connectivity index (χ3v) is 8.30. The number of fused-ring (bicyclic) bond motifs is 1. The largest absolute Gasteiger partial charge is 0.444 e. The molecule has 0 saturated carbocycles. The Bertz CT molecular complexity index is 1290. The molecule has 0 bridgehead atoms. The fraction of sp³-hybridized carbons (Fsp3) is 0.533. The van der Waals surface area contributed by atoms with Gasteiger partial charge in [0.15, 0.2) is 0 Å². The molecule has 0 spiro atoms. The molecular weight excluding hydrogens is 494 g/mol. The van der Waals surface area contributed by atoms with Crippen LogP contribution in [-0.4, -0.2) is 57.7 Å². The number of anilines is 1. The van der Waals surface area contributed by atoms with Crippen LogP contribution in [0.25, 0.3) is 15.8 Å². The minimum absolute atomic E-state index is 0.237. The van der Waals surface area contributed by atoms with Crippen LogP contribution >= 0.6 is 11.3 Å². The fourth-order valence-corrected chi connectivity index (χ4v) is 6.32. The average Bonchev–Trinajstić information content (AvgIpc) is 3.30. The van der Waals surface area contributed by atoms with Crippen molar-refractivity contribution in [2.75, 3.05) is 31.1 Å². The summed E-state index contributed by atoms with van der Waals surface area (Å²) in [6, 6.07) is 6.59. The van der Waals surface area contributed by atoms with E-state index in [1.807, 2.05) is 44.5 Å². The number of hydrogen-bond acceptors (Lipinski definition) is 7. The van der Waals surface area contributed by atoms with Crippen LogP contribution in [0.1, 0.15) is 69.5 Å². The molecule has 2 aromatic heterocycles. The maximum Gasteiger partial charge on any atom is 0.410 e. The fourth-order valence-electron chi connectivity index (χ4n) is 5.20. The molecule has 1 aromatic carbocycles. The molecule has 3 aromatic rings. The van der Waals surface area contributed by atoms with Gasteiger partial charge in [0, 0.05) is 45.0 Å². The Kier molecular flexibility index (Phi) is 7.98. The van der Waals surface area contributed by atoms with Crippen LogP contribution in [0.5, 0.6) is 0 Å². The molecule has 2 aliphatic heterocycles. The van der Waals surface area contributed by atoms with Crippen molar-refractivity contribution >= 4 is 39.2 Å². The smallest absolute Gasteiger partial charge is 0.410 e. The summed E-state index contributed by atoms with van der Waals surface area (Å²) in [6.45, 7) is 11.2. The quantitative estimate of drug-likeness (QED) is 0.359. The summed E-state index contributed by atoms with van der Waals surface area (Å²) >= 11 is 1.82. The SMILES string of the molecule is CCCc1cnc(N2CCC(Cc3nc4ccc(C5=CCN(C(=O)OC(C)(C)C)CC5)cc4s3)CC2)nc1. The molecular formula is C30H39N5O2S.